The Morgan fingerprint density at radius 2 is 1.50 bits per heavy atom. The zero-order chi connectivity index (χ0) is 12.2. The van der Waals surface area contributed by atoms with Gasteiger partial charge in [-0.25, -0.2) is 0 Å². The van der Waals surface area contributed by atoms with Gasteiger partial charge in [0, 0.05) is 12.8 Å². The van der Waals surface area contributed by atoms with Crippen LogP contribution in [0.3, 0.4) is 0 Å². The Balaban J connectivity index is 3.14. The zero-order valence-corrected chi connectivity index (χ0v) is 9.48. The summed E-state index contributed by atoms with van der Waals surface area (Å²) in [7, 11) is 0. The molecule has 5 nitrogen and oxygen atoms in total. The molecule has 0 aliphatic heterocycles. The average Bonchev–Trinajstić information content (AvgIpc) is 2.24. The second-order valence-electron chi connectivity index (χ2n) is 3.61. The monoisotopic (exact) mass is 232 g/mol. The van der Waals surface area contributed by atoms with Crippen LogP contribution >= 0.6 is 0 Å². The highest BCUT2D eigenvalue weighted by molar-refractivity contribution is 5.69. The standard InChI is InChI=1S/C11H20O5/c12-8-9-16-11(15)7-5-3-1-2-4-6-10(13)14/h12H,1-9H2,(H,13,14). The number of carbonyl (C=O) groups is 2. The van der Waals surface area contributed by atoms with E-state index in [2.05, 4.69) is 4.74 Å². The molecule has 0 radical (unpaired) electrons. The number of hydrogen-bond acceptors (Lipinski definition) is 4. The van der Waals surface area contributed by atoms with Crippen molar-refractivity contribution in [3.63, 3.8) is 0 Å². The molecule has 0 heterocycles. The molecular formula is C11H20O5. The van der Waals surface area contributed by atoms with E-state index in [1.165, 1.54) is 0 Å². The van der Waals surface area contributed by atoms with Gasteiger partial charge < -0.3 is 14.9 Å². The molecule has 0 unspecified atom stereocenters. The first-order chi connectivity index (χ1) is 7.66. The third-order valence-electron chi connectivity index (χ3n) is 2.13. The van der Waals surface area contributed by atoms with Gasteiger partial charge >= 0.3 is 11.9 Å². The summed E-state index contributed by atoms with van der Waals surface area (Å²) in [5.41, 5.74) is 0. The molecule has 0 amide bonds. The van der Waals surface area contributed by atoms with E-state index in [1.54, 1.807) is 0 Å². The van der Waals surface area contributed by atoms with E-state index in [0.717, 1.165) is 25.7 Å². The summed E-state index contributed by atoms with van der Waals surface area (Å²) < 4.78 is 4.68. The van der Waals surface area contributed by atoms with E-state index >= 15 is 0 Å². The highest BCUT2D eigenvalue weighted by Gasteiger charge is 2.02. The fourth-order valence-electron chi connectivity index (χ4n) is 1.31. The van der Waals surface area contributed by atoms with Gasteiger partial charge in [-0.05, 0) is 12.8 Å². The van der Waals surface area contributed by atoms with E-state index in [-0.39, 0.29) is 25.6 Å². The summed E-state index contributed by atoms with van der Waals surface area (Å²) in [6.07, 6.45) is 4.80. The van der Waals surface area contributed by atoms with Gasteiger partial charge in [0.05, 0.1) is 6.61 Å². The number of aliphatic hydroxyl groups is 1. The SMILES string of the molecule is O=C(O)CCCCCCCC(=O)OCCO. The molecule has 94 valence electrons. The first-order valence-electron chi connectivity index (χ1n) is 5.65. The van der Waals surface area contributed by atoms with Crippen LogP contribution in [0, 0.1) is 0 Å². The Bertz CT molecular complexity index is 203. The fourth-order valence-corrected chi connectivity index (χ4v) is 1.31. The number of carboxylic acid groups (broad SMARTS) is 1. The number of hydrogen-bond donors (Lipinski definition) is 2. The molecule has 0 atom stereocenters. The van der Waals surface area contributed by atoms with Crippen molar-refractivity contribution >= 4 is 11.9 Å². The molecule has 0 bridgehead atoms. The molecule has 0 aliphatic carbocycles. The number of rotatable bonds is 10. The Labute approximate surface area is 95.4 Å². The molecule has 0 fully saturated rings. The number of esters is 1. The van der Waals surface area contributed by atoms with Gasteiger partial charge in [-0.15, -0.1) is 0 Å². The number of ether oxygens (including phenoxy) is 1. The van der Waals surface area contributed by atoms with Crippen LogP contribution in [0.5, 0.6) is 0 Å². The third kappa shape index (κ3) is 11.0. The maximum absolute atomic E-state index is 11.0. The van der Waals surface area contributed by atoms with Crippen LogP contribution in [0.4, 0.5) is 0 Å². The lowest BCUT2D eigenvalue weighted by Crippen LogP contribution is -2.07. The molecule has 0 saturated carbocycles. The summed E-state index contributed by atoms with van der Waals surface area (Å²) in [5, 5.41) is 16.8. The van der Waals surface area contributed by atoms with Gasteiger partial charge in [-0.3, -0.25) is 9.59 Å². The smallest absolute Gasteiger partial charge is 0.305 e. The quantitative estimate of drug-likeness (QED) is 0.438. The fraction of sp³-hybridized carbons (Fsp3) is 0.818. The second-order valence-corrected chi connectivity index (χ2v) is 3.61. The summed E-state index contributed by atoms with van der Waals surface area (Å²) in [6.45, 7) is -0.0711. The normalized spacial score (nSPS) is 10.1. The highest BCUT2D eigenvalue weighted by Crippen LogP contribution is 2.07. The minimum Gasteiger partial charge on any atom is -0.481 e. The summed E-state index contributed by atoms with van der Waals surface area (Å²) in [4.78, 5) is 21.2. The maximum atomic E-state index is 11.0. The second kappa shape index (κ2) is 10.4. The number of unbranched alkanes of at least 4 members (excludes halogenated alkanes) is 4. The predicted octanol–water partition coefficient (Wildman–Crippen LogP) is 1.34. The lowest BCUT2D eigenvalue weighted by Gasteiger charge is -2.02. The van der Waals surface area contributed by atoms with E-state index in [0.29, 0.717) is 12.8 Å². The van der Waals surface area contributed by atoms with Crippen molar-refractivity contribution < 1.29 is 24.5 Å². The molecule has 5 heteroatoms. The lowest BCUT2D eigenvalue weighted by atomic mass is 10.1. The minimum absolute atomic E-state index is 0.0669. The van der Waals surface area contributed by atoms with Gasteiger partial charge in [-0.1, -0.05) is 19.3 Å². The van der Waals surface area contributed by atoms with Crippen molar-refractivity contribution in [2.75, 3.05) is 13.2 Å². The van der Waals surface area contributed by atoms with E-state index in [4.69, 9.17) is 10.2 Å². The van der Waals surface area contributed by atoms with Crippen molar-refractivity contribution in [3.8, 4) is 0 Å². The Kier molecular flexibility index (Phi) is 9.70. The molecule has 2 N–H and O–H groups in total. The van der Waals surface area contributed by atoms with Gasteiger partial charge in [0.1, 0.15) is 6.61 Å². The number of aliphatic hydroxyl groups excluding tert-OH is 1. The van der Waals surface area contributed by atoms with E-state index < -0.39 is 5.97 Å². The maximum Gasteiger partial charge on any atom is 0.305 e. The first kappa shape index (κ1) is 14.9. The van der Waals surface area contributed by atoms with Crippen LogP contribution in [0.15, 0.2) is 0 Å². The Morgan fingerprint density at radius 1 is 0.938 bits per heavy atom. The number of carboxylic acids is 1. The number of aliphatic carboxylic acids is 1. The van der Waals surface area contributed by atoms with Crippen LogP contribution in [0.1, 0.15) is 44.9 Å². The molecule has 0 spiro atoms. The molecule has 0 aromatic carbocycles. The molecule has 0 rings (SSSR count). The first-order valence-corrected chi connectivity index (χ1v) is 5.65. The third-order valence-corrected chi connectivity index (χ3v) is 2.13. The van der Waals surface area contributed by atoms with Crippen LogP contribution in [-0.2, 0) is 14.3 Å². The van der Waals surface area contributed by atoms with Crippen molar-refractivity contribution in [2.45, 2.75) is 44.9 Å². The largest absolute Gasteiger partial charge is 0.481 e. The number of carbonyl (C=O) groups excluding carboxylic acids is 1. The van der Waals surface area contributed by atoms with Crippen LogP contribution in [0.2, 0.25) is 0 Å². The molecule has 0 aromatic heterocycles. The summed E-state index contributed by atoms with van der Waals surface area (Å²) in [5.74, 6) is -1.04. The lowest BCUT2D eigenvalue weighted by molar-refractivity contribution is -0.144. The van der Waals surface area contributed by atoms with Crippen molar-refractivity contribution in [2.24, 2.45) is 0 Å². The van der Waals surface area contributed by atoms with Gasteiger partial charge in [0.2, 0.25) is 0 Å². The average molecular weight is 232 g/mol. The summed E-state index contributed by atoms with van der Waals surface area (Å²) >= 11 is 0. The highest BCUT2D eigenvalue weighted by atomic mass is 16.5. The zero-order valence-electron chi connectivity index (χ0n) is 9.48. The topological polar surface area (TPSA) is 83.8 Å². The summed E-state index contributed by atoms with van der Waals surface area (Å²) in [6, 6.07) is 0. The van der Waals surface area contributed by atoms with Crippen molar-refractivity contribution in [1.82, 2.24) is 0 Å². The van der Waals surface area contributed by atoms with Crippen molar-refractivity contribution in [3.05, 3.63) is 0 Å². The molecule has 16 heavy (non-hydrogen) atoms. The molecule has 0 saturated heterocycles. The molecule has 0 aromatic rings. The van der Waals surface area contributed by atoms with E-state index in [1.807, 2.05) is 0 Å². The molecular weight excluding hydrogens is 212 g/mol. The van der Waals surface area contributed by atoms with Gasteiger partial charge in [-0.2, -0.15) is 0 Å². The van der Waals surface area contributed by atoms with Gasteiger partial charge in [0.15, 0.2) is 0 Å². The molecule has 0 aliphatic rings. The Morgan fingerprint density at radius 3 is 2.06 bits per heavy atom. The van der Waals surface area contributed by atoms with Crippen LogP contribution in [0.25, 0.3) is 0 Å². The minimum atomic E-state index is -0.757. The Hall–Kier alpha value is -1.10. The predicted molar refractivity (Wildman–Crippen MR) is 58.0 cm³/mol. The van der Waals surface area contributed by atoms with Crippen LogP contribution in [-0.4, -0.2) is 35.4 Å². The van der Waals surface area contributed by atoms with Gasteiger partial charge in [0.25, 0.3) is 0 Å². The van der Waals surface area contributed by atoms with Crippen molar-refractivity contribution in [1.29, 1.82) is 0 Å². The van der Waals surface area contributed by atoms with Crippen LogP contribution < -0.4 is 0 Å². The van der Waals surface area contributed by atoms with E-state index in [9.17, 15) is 9.59 Å².